The van der Waals surface area contributed by atoms with Crippen LogP contribution in [0.1, 0.15) is 55.4 Å². The van der Waals surface area contributed by atoms with E-state index in [-0.39, 0.29) is 0 Å². The minimum atomic E-state index is 0.781. The lowest BCUT2D eigenvalue weighted by molar-refractivity contribution is 0.220. The molecule has 0 radical (unpaired) electrons. The average Bonchev–Trinajstić information content (AvgIpc) is 2.25. The van der Waals surface area contributed by atoms with Crippen LogP contribution in [0.25, 0.3) is 0 Å². The van der Waals surface area contributed by atoms with Gasteiger partial charge in [0.2, 0.25) is 0 Å². The summed E-state index contributed by atoms with van der Waals surface area (Å²) < 4.78 is 2.50. The van der Waals surface area contributed by atoms with Gasteiger partial charge in [0.15, 0.2) is 0 Å². The SMILES string of the molecule is CC(C)C(C)C(C)CN(I)CC(C)C(C)C(C)C. The lowest BCUT2D eigenvalue weighted by atomic mass is 9.85. The van der Waals surface area contributed by atoms with Gasteiger partial charge in [-0.15, -0.1) is 0 Å². The highest BCUT2D eigenvalue weighted by Gasteiger charge is 2.21. The van der Waals surface area contributed by atoms with Gasteiger partial charge in [0.25, 0.3) is 0 Å². The van der Waals surface area contributed by atoms with Gasteiger partial charge in [0.05, 0.1) is 0 Å². The molecule has 0 aliphatic carbocycles. The lowest BCUT2D eigenvalue weighted by Crippen LogP contribution is -2.31. The van der Waals surface area contributed by atoms with Crippen LogP contribution in [0.2, 0.25) is 0 Å². The molecule has 0 aromatic rings. The summed E-state index contributed by atoms with van der Waals surface area (Å²) in [6.07, 6.45) is 0. The molecule has 0 rings (SSSR count). The first-order valence-corrected chi connectivity index (χ1v) is 8.53. The molecule has 0 aromatic heterocycles. The zero-order valence-electron chi connectivity index (χ0n) is 13.7. The molecule has 0 spiro atoms. The Balaban J connectivity index is 4.14. The molecular formula is C16H34IN. The van der Waals surface area contributed by atoms with E-state index in [9.17, 15) is 0 Å². The number of rotatable bonds is 8. The van der Waals surface area contributed by atoms with Gasteiger partial charge in [0, 0.05) is 36.0 Å². The minimum Gasteiger partial charge on any atom is -0.247 e. The maximum atomic E-state index is 2.52. The molecule has 0 amide bonds. The third kappa shape index (κ3) is 6.74. The van der Waals surface area contributed by atoms with Crippen molar-refractivity contribution in [2.24, 2.45) is 35.5 Å². The number of hydrogen-bond donors (Lipinski definition) is 0. The maximum absolute atomic E-state index is 2.52. The molecule has 0 bridgehead atoms. The summed E-state index contributed by atoms with van der Waals surface area (Å²) in [6, 6.07) is 0. The molecule has 4 unspecified atom stereocenters. The molecular weight excluding hydrogens is 333 g/mol. The monoisotopic (exact) mass is 367 g/mol. The van der Waals surface area contributed by atoms with E-state index in [0.717, 1.165) is 35.5 Å². The van der Waals surface area contributed by atoms with Crippen LogP contribution in [-0.4, -0.2) is 16.2 Å². The normalized spacial score (nSPS) is 19.3. The van der Waals surface area contributed by atoms with Gasteiger partial charge >= 0.3 is 0 Å². The van der Waals surface area contributed by atoms with Crippen molar-refractivity contribution in [3.8, 4) is 0 Å². The first kappa shape index (κ1) is 18.7. The summed E-state index contributed by atoms with van der Waals surface area (Å²) >= 11 is 2.52. The summed E-state index contributed by atoms with van der Waals surface area (Å²) in [6.45, 7) is 21.3. The van der Waals surface area contributed by atoms with Crippen LogP contribution >= 0.6 is 22.9 Å². The highest BCUT2D eigenvalue weighted by atomic mass is 127. The fourth-order valence-corrected chi connectivity index (χ4v) is 3.59. The standard InChI is InChI=1S/C16H34IN/c1-11(2)15(7)13(5)9-18(17)10-14(6)16(8)12(3)4/h11-16H,9-10H2,1-8H3. The minimum absolute atomic E-state index is 0.781. The van der Waals surface area contributed by atoms with Crippen molar-refractivity contribution in [2.75, 3.05) is 13.1 Å². The summed E-state index contributed by atoms with van der Waals surface area (Å²) in [5.41, 5.74) is 0. The van der Waals surface area contributed by atoms with Crippen LogP contribution in [0.3, 0.4) is 0 Å². The van der Waals surface area contributed by atoms with Crippen LogP contribution in [0.15, 0.2) is 0 Å². The first-order chi connectivity index (χ1) is 8.16. The topological polar surface area (TPSA) is 3.24 Å². The quantitative estimate of drug-likeness (QED) is 0.405. The van der Waals surface area contributed by atoms with E-state index in [0.29, 0.717) is 0 Å². The van der Waals surface area contributed by atoms with Crippen molar-refractivity contribution in [3.63, 3.8) is 0 Å². The smallest absolute Gasteiger partial charge is 0.0201 e. The Bertz CT molecular complexity index is 193. The molecule has 0 heterocycles. The molecule has 0 saturated carbocycles. The molecule has 2 heteroatoms. The maximum Gasteiger partial charge on any atom is 0.0201 e. The zero-order chi connectivity index (χ0) is 14.5. The van der Waals surface area contributed by atoms with E-state index in [1.54, 1.807) is 0 Å². The van der Waals surface area contributed by atoms with Gasteiger partial charge in [-0.3, -0.25) is 0 Å². The van der Waals surface area contributed by atoms with Crippen LogP contribution < -0.4 is 0 Å². The van der Waals surface area contributed by atoms with Crippen molar-refractivity contribution in [2.45, 2.75) is 55.4 Å². The highest BCUT2D eigenvalue weighted by Crippen LogP contribution is 2.25. The molecule has 4 atom stereocenters. The third-order valence-electron chi connectivity index (χ3n) is 4.87. The molecule has 0 aliphatic rings. The second kappa shape index (κ2) is 8.78. The van der Waals surface area contributed by atoms with Gasteiger partial charge in [-0.2, -0.15) is 0 Å². The summed E-state index contributed by atoms with van der Waals surface area (Å²) in [5.74, 6) is 4.75. The van der Waals surface area contributed by atoms with Crippen LogP contribution in [0.5, 0.6) is 0 Å². The third-order valence-corrected chi connectivity index (χ3v) is 5.66. The Hall–Kier alpha value is 0.690. The van der Waals surface area contributed by atoms with Gasteiger partial charge < -0.3 is 0 Å². The number of nitrogens with zero attached hydrogens (tertiary/aromatic N) is 1. The van der Waals surface area contributed by atoms with Crippen molar-refractivity contribution in [1.82, 2.24) is 3.11 Å². The molecule has 1 nitrogen and oxygen atoms in total. The first-order valence-electron chi connectivity index (χ1n) is 7.57. The van der Waals surface area contributed by atoms with Crippen molar-refractivity contribution in [3.05, 3.63) is 0 Å². The molecule has 0 aromatic carbocycles. The Morgan fingerprint density at radius 3 is 1.17 bits per heavy atom. The molecule has 0 fully saturated rings. The molecule has 0 saturated heterocycles. The second-order valence-corrected chi connectivity index (χ2v) is 8.35. The van der Waals surface area contributed by atoms with Crippen LogP contribution in [0.4, 0.5) is 0 Å². The van der Waals surface area contributed by atoms with Crippen molar-refractivity contribution >= 4 is 22.9 Å². The van der Waals surface area contributed by atoms with Crippen LogP contribution in [0, 0.1) is 35.5 Å². The van der Waals surface area contributed by atoms with Gasteiger partial charge in [0.1, 0.15) is 0 Å². The summed E-state index contributed by atoms with van der Waals surface area (Å²) in [4.78, 5) is 0. The second-order valence-electron chi connectivity index (χ2n) is 6.99. The fraction of sp³-hybridized carbons (Fsp3) is 1.00. The summed E-state index contributed by atoms with van der Waals surface area (Å²) in [5, 5.41) is 0. The van der Waals surface area contributed by atoms with Crippen molar-refractivity contribution in [1.29, 1.82) is 0 Å². The molecule has 0 aliphatic heterocycles. The predicted molar refractivity (Wildman–Crippen MR) is 91.9 cm³/mol. The molecule has 18 heavy (non-hydrogen) atoms. The Morgan fingerprint density at radius 1 is 0.667 bits per heavy atom. The fourth-order valence-electron chi connectivity index (χ4n) is 2.35. The number of hydrogen-bond acceptors (Lipinski definition) is 1. The Labute approximate surface area is 130 Å². The van der Waals surface area contributed by atoms with Crippen molar-refractivity contribution < 1.29 is 0 Å². The van der Waals surface area contributed by atoms with E-state index in [1.165, 1.54) is 13.1 Å². The molecule has 0 N–H and O–H groups in total. The predicted octanol–water partition coefficient (Wildman–Crippen LogP) is 5.49. The van der Waals surface area contributed by atoms with Gasteiger partial charge in [-0.25, -0.2) is 3.11 Å². The van der Waals surface area contributed by atoms with E-state index in [1.807, 2.05) is 0 Å². The van der Waals surface area contributed by atoms with Gasteiger partial charge in [-0.05, 0) is 35.5 Å². The summed E-state index contributed by atoms with van der Waals surface area (Å²) in [7, 11) is 0. The molecule has 110 valence electrons. The van der Waals surface area contributed by atoms with E-state index < -0.39 is 0 Å². The highest BCUT2D eigenvalue weighted by molar-refractivity contribution is 14.1. The van der Waals surface area contributed by atoms with E-state index in [4.69, 9.17) is 0 Å². The van der Waals surface area contributed by atoms with Gasteiger partial charge in [-0.1, -0.05) is 55.4 Å². The Kier molecular flexibility index (Phi) is 9.12. The lowest BCUT2D eigenvalue weighted by Gasteiger charge is -2.30. The average molecular weight is 367 g/mol. The zero-order valence-corrected chi connectivity index (χ0v) is 15.9. The van der Waals surface area contributed by atoms with Crippen LogP contribution in [-0.2, 0) is 0 Å². The number of halogens is 1. The van der Waals surface area contributed by atoms with E-state index >= 15 is 0 Å². The van der Waals surface area contributed by atoms with E-state index in [2.05, 4.69) is 81.4 Å². The Morgan fingerprint density at radius 2 is 0.944 bits per heavy atom. The largest absolute Gasteiger partial charge is 0.247 e.